The molecule has 1 aromatic heterocycles. The highest BCUT2D eigenvalue weighted by molar-refractivity contribution is 5.93. The van der Waals surface area contributed by atoms with Crippen molar-refractivity contribution in [2.45, 2.75) is 38.1 Å². The average Bonchev–Trinajstić information content (AvgIpc) is 3.32. The Morgan fingerprint density at radius 1 is 1.35 bits per heavy atom. The van der Waals surface area contributed by atoms with Crippen LogP contribution in [0.1, 0.15) is 53.7 Å². The van der Waals surface area contributed by atoms with E-state index in [-0.39, 0.29) is 12.6 Å². The number of benzene rings is 1. The fraction of sp³-hybridized carbons (Fsp3) is 0.444. The van der Waals surface area contributed by atoms with Gasteiger partial charge in [0.2, 0.25) is 5.89 Å². The summed E-state index contributed by atoms with van der Waals surface area (Å²) in [6, 6.07) is 6.22. The van der Waals surface area contributed by atoms with Crippen LogP contribution < -0.4 is 5.32 Å². The molecule has 0 aliphatic heterocycles. The van der Waals surface area contributed by atoms with E-state index in [1.165, 1.54) is 24.9 Å². The van der Waals surface area contributed by atoms with Gasteiger partial charge in [0.1, 0.15) is 0 Å². The van der Waals surface area contributed by atoms with Crippen LogP contribution in [-0.2, 0) is 11.3 Å². The minimum Gasteiger partial charge on any atom is -0.465 e. The molecule has 1 N–H and O–H groups in total. The van der Waals surface area contributed by atoms with Crippen LogP contribution in [0, 0.1) is 0 Å². The molecule has 0 unspecified atom stereocenters. The highest BCUT2D eigenvalue weighted by Gasteiger charge is 2.23. The highest BCUT2D eigenvalue weighted by atomic mass is 16.5. The van der Waals surface area contributed by atoms with E-state index in [2.05, 4.69) is 20.2 Å². The van der Waals surface area contributed by atoms with Gasteiger partial charge in [0.25, 0.3) is 0 Å². The first-order valence-electron chi connectivity index (χ1n) is 8.60. The Morgan fingerprint density at radius 2 is 2.12 bits per heavy atom. The van der Waals surface area contributed by atoms with Gasteiger partial charge < -0.3 is 19.5 Å². The quantitative estimate of drug-likeness (QED) is 0.825. The van der Waals surface area contributed by atoms with Crippen molar-refractivity contribution < 1.29 is 18.8 Å². The number of hydrogen-bond donors (Lipinski definition) is 1. The largest absolute Gasteiger partial charge is 0.465 e. The van der Waals surface area contributed by atoms with Crippen molar-refractivity contribution in [3.05, 3.63) is 41.5 Å². The van der Waals surface area contributed by atoms with Crippen LogP contribution in [0.25, 0.3) is 0 Å². The molecule has 26 heavy (non-hydrogen) atoms. The van der Waals surface area contributed by atoms with Gasteiger partial charge in [-0.15, -0.1) is 0 Å². The van der Waals surface area contributed by atoms with Gasteiger partial charge in [0.15, 0.2) is 5.82 Å². The van der Waals surface area contributed by atoms with Gasteiger partial charge in [-0.25, -0.2) is 9.59 Å². The molecule has 0 spiro atoms. The standard InChI is InChI=1S/C18H22N4O4/c1-22(11-15-20-16(26-21-15)12-6-3-4-7-12)18(24)19-14-9-5-8-13(10-14)17(23)25-2/h5,8-10,12H,3-4,6-7,11H2,1-2H3,(H,19,24). The summed E-state index contributed by atoms with van der Waals surface area (Å²) in [4.78, 5) is 29.8. The number of carbonyl (C=O) groups is 2. The van der Waals surface area contributed by atoms with Gasteiger partial charge in [-0.05, 0) is 31.0 Å². The zero-order valence-corrected chi connectivity index (χ0v) is 14.9. The molecular weight excluding hydrogens is 336 g/mol. The maximum Gasteiger partial charge on any atom is 0.337 e. The molecule has 8 nitrogen and oxygen atoms in total. The third kappa shape index (κ3) is 4.19. The Labute approximate surface area is 151 Å². The van der Waals surface area contributed by atoms with Crippen molar-refractivity contribution in [3.8, 4) is 0 Å². The number of carbonyl (C=O) groups excluding carboxylic acids is 2. The Kier molecular flexibility index (Phi) is 5.50. The molecule has 1 saturated carbocycles. The molecule has 1 aliphatic rings. The third-order valence-corrected chi connectivity index (χ3v) is 4.45. The third-order valence-electron chi connectivity index (χ3n) is 4.45. The summed E-state index contributed by atoms with van der Waals surface area (Å²) in [6.07, 6.45) is 4.54. The molecule has 8 heteroatoms. The molecule has 0 bridgehead atoms. The zero-order chi connectivity index (χ0) is 18.5. The van der Waals surface area contributed by atoms with E-state index in [1.54, 1.807) is 31.3 Å². The number of ether oxygens (including phenoxy) is 1. The van der Waals surface area contributed by atoms with Crippen molar-refractivity contribution in [2.75, 3.05) is 19.5 Å². The molecule has 1 aromatic carbocycles. The van der Waals surface area contributed by atoms with E-state index < -0.39 is 5.97 Å². The van der Waals surface area contributed by atoms with Crippen molar-refractivity contribution in [2.24, 2.45) is 0 Å². The minimum atomic E-state index is -0.458. The fourth-order valence-electron chi connectivity index (χ4n) is 3.01. The maximum atomic E-state index is 12.3. The number of esters is 1. The van der Waals surface area contributed by atoms with Gasteiger partial charge in [-0.1, -0.05) is 24.1 Å². The normalized spacial score (nSPS) is 14.2. The van der Waals surface area contributed by atoms with Crippen molar-refractivity contribution in [1.82, 2.24) is 15.0 Å². The first-order chi connectivity index (χ1) is 12.6. The van der Waals surface area contributed by atoms with Crippen LogP contribution in [0.3, 0.4) is 0 Å². The second-order valence-electron chi connectivity index (χ2n) is 6.39. The number of methoxy groups -OCH3 is 1. The summed E-state index contributed by atoms with van der Waals surface area (Å²) in [6.45, 7) is 0.235. The molecule has 2 aromatic rings. The number of nitrogens with one attached hydrogen (secondary N) is 1. The number of amides is 2. The first-order valence-corrected chi connectivity index (χ1v) is 8.60. The number of rotatable bonds is 5. The van der Waals surface area contributed by atoms with Crippen LogP contribution in [0.15, 0.2) is 28.8 Å². The van der Waals surface area contributed by atoms with E-state index in [9.17, 15) is 9.59 Å². The fourth-order valence-corrected chi connectivity index (χ4v) is 3.01. The van der Waals surface area contributed by atoms with Crippen molar-refractivity contribution >= 4 is 17.7 Å². The Morgan fingerprint density at radius 3 is 2.85 bits per heavy atom. The number of nitrogens with zero attached hydrogens (tertiary/aromatic N) is 3. The molecule has 0 radical (unpaired) electrons. The molecule has 0 saturated heterocycles. The van der Waals surface area contributed by atoms with Gasteiger partial charge in [0, 0.05) is 18.7 Å². The van der Waals surface area contributed by atoms with Crippen LogP contribution in [0.5, 0.6) is 0 Å². The lowest BCUT2D eigenvalue weighted by Crippen LogP contribution is -2.31. The van der Waals surface area contributed by atoms with Gasteiger partial charge in [0.05, 0.1) is 19.2 Å². The zero-order valence-electron chi connectivity index (χ0n) is 14.9. The number of aromatic nitrogens is 2. The van der Waals surface area contributed by atoms with E-state index in [1.807, 2.05) is 0 Å². The molecule has 1 aliphatic carbocycles. The molecule has 2 amide bonds. The van der Waals surface area contributed by atoms with Crippen LogP contribution >= 0.6 is 0 Å². The summed E-state index contributed by atoms with van der Waals surface area (Å²) in [5.74, 6) is 1.03. The van der Waals surface area contributed by atoms with Crippen molar-refractivity contribution in [1.29, 1.82) is 0 Å². The van der Waals surface area contributed by atoms with Crippen molar-refractivity contribution in [3.63, 3.8) is 0 Å². The summed E-state index contributed by atoms with van der Waals surface area (Å²) in [7, 11) is 2.96. The molecule has 3 rings (SSSR count). The van der Waals surface area contributed by atoms with Gasteiger partial charge >= 0.3 is 12.0 Å². The van der Waals surface area contributed by atoms with Gasteiger partial charge in [-0.2, -0.15) is 4.98 Å². The lowest BCUT2D eigenvalue weighted by molar-refractivity contribution is 0.0600. The number of urea groups is 1. The topological polar surface area (TPSA) is 97.6 Å². The molecular formula is C18H22N4O4. The maximum absolute atomic E-state index is 12.3. The number of anilines is 1. The van der Waals surface area contributed by atoms with Crippen LogP contribution in [0.2, 0.25) is 0 Å². The Hall–Kier alpha value is -2.90. The summed E-state index contributed by atoms with van der Waals surface area (Å²) >= 11 is 0. The molecule has 1 heterocycles. The SMILES string of the molecule is COC(=O)c1cccc(NC(=O)N(C)Cc2noc(C3CCCC3)n2)c1. The van der Waals surface area contributed by atoms with E-state index in [4.69, 9.17) is 4.52 Å². The highest BCUT2D eigenvalue weighted by Crippen LogP contribution is 2.32. The van der Waals surface area contributed by atoms with Crippen LogP contribution in [-0.4, -0.2) is 41.2 Å². The Bertz CT molecular complexity index is 783. The number of hydrogen-bond acceptors (Lipinski definition) is 6. The molecule has 0 atom stereocenters. The minimum absolute atomic E-state index is 0.235. The van der Waals surface area contributed by atoms with E-state index >= 15 is 0 Å². The smallest absolute Gasteiger partial charge is 0.337 e. The molecule has 1 fully saturated rings. The predicted molar refractivity (Wildman–Crippen MR) is 93.8 cm³/mol. The average molecular weight is 358 g/mol. The lowest BCUT2D eigenvalue weighted by atomic mass is 10.1. The first kappa shape index (κ1) is 17.9. The van der Waals surface area contributed by atoms with Crippen LogP contribution in [0.4, 0.5) is 10.5 Å². The predicted octanol–water partition coefficient (Wildman–Crippen LogP) is 3.18. The lowest BCUT2D eigenvalue weighted by Gasteiger charge is -2.16. The summed E-state index contributed by atoms with van der Waals surface area (Å²) < 4.78 is 10.0. The monoisotopic (exact) mass is 358 g/mol. The molecule has 138 valence electrons. The second-order valence-corrected chi connectivity index (χ2v) is 6.39. The van der Waals surface area contributed by atoms with E-state index in [0.717, 1.165) is 12.8 Å². The summed E-state index contributed by atoms with van der Waals surface area (Å²) in [5, 5.41) is 6.71. The van der Waals surface area contributed by atoms with Gasteiger partial charge in [-0.3, -0.25) is 0 Å². The Balaban J connectivity index is 1.59. The van der Waals surface area contributed by atoms with E-state index in [0.29, 0.717) is 28.9 Å². The summed E-state index contributed by atoms with van der Waals surface area (Å²) in [5.41, 5.74) is 0.872. The second kappa shape index (κ2) is 7.99.